The lowest BCUT2D eigenvalue weighted by molar-refractivity contribution is 0.101. The van der Waals surface area contributed by atoms with Crippen molar-refractivity contribution in [1.82, 2.24) is 19.6 Å². The fraction of sp³-hybridized carbons (Fsp3) is 0.562. The third-order valence-electron chi connectivity index (χ3n) is 3.91. The Morgan fingerprint density at radius 1 is 1.48 bits per heavy atom. The van der Waals surface area contributed by atoms with Crippen LogP contribution in [0.5, 0.6) is 0 Å². The van der Waals surface area contributed by atoms with Gasteiger partial charge in [-0.1, -0.05) is 13.8 Å². The first-order valence-corrected chi connectivity index (χ1v) is 8.26. The van der Waals surface area contributed by atoms with Gasteiger partial charge in [-0.2, -0.15) is 10.2 Å². The van der Waals surface area contributed by atoms with Gasteiger partial charge in [-0.3, -0.25) is 9.48 Å². The van der Waals surface area contributed by atoms with Crippen LogP contribution < -0.4 is 10.6 Å². The Bertz CT molecular complexity index is 699. The minimum Gasteiger partial charge on any atom is -0.368 e. The Balaban J connectivity index is 1.80. The molecule has 23 heavy (non-hydrogen) atoms. The van der Waals surface area contributed by atoms with E-state index in [4.69, 9.17) is 0 Å². The van der Waals surface area contributed by atoms with Crippen LogP contribution in [0.3, 0.4) is 0 Å². The molecule has 0 saturated heterocycles. The average Bonchev–Trinajstić information content (AvgIpc) is 3.11. The highest BCUT2D eigenvalue weighted by Crippen LogP contribution is 2.25. The average molecular weight is 316 g/mol. The molecule has 7 nitrogen and oxygen atoms in total. The first-order valence-electron chi connectivity index (χ1n) is 8.26. The molecule has 1 amide bonds. The summed E-state index contributed by atoms with van der Waals surface area (Å²) in [5.74, 6) is 1.25. The van der Waals surface area contributed by atoms with Crippen molar-refractivity contribution in [3.8, 4) is 0 Å². The maximum atomic E-state index is 12.6. The molecule has 0 atom stereocenters. The van der Waals surface area contributed by atoms with Gasteiger partial charge in [0.05, 0.1) is 11.9 Å². The van der Waals surface area contributed by atoms with E-state index in [1.165, 1.54) is 0 Å². The zero-order valence-corrected chi connectivity index (χ0v) is 14.0. The van der Waals surface area contributed by atoms with Gasteiger partial charge in [0, 0.05) is 19.6 Å². The van der Waals surface area contributed by atoms with Crippen LogP contribution in [0.4, 0.5) is 11.5 Å². The smallest absolute Gasteiger partial charge is 0.274 e. The van der Waals surface area contributed by atoms with Gasteiger partial charge in [0.2, 0.25) is 0 Å². The number of amides is 1. The van der Waals surface area contributed by atoms with Gasteiger partial charge in [0.15, 0.2) is 0 Å². The van der Waals surface area contributed by atoms with Crippen LogP contribution in [0, 0.1) is 5.92 Å². The van der Waals surface area contributed by atoms with E-state index in [1.807, 2.05) is 17.7 Å². The monoisotopic (exact) mass is 316 g/mol. The summed E-state index contributed by atoms with van der Waals surface area (Å²) in [4.78, 5) is 12.6. The van der Waals surface area contributed by atoms with Gasteiger partial charge >= 0.3 is 0 Å². The molecule has 2 aromatic heterocycles. The second-order valence-corrected chi connectivity index (χ2v) is 6.30. The highest BCUT2D eigenvalue weighted by molar-refractivity contribution is 6.04. The first-order chi connectivity index (χ1) is 11.1. The van der Waals surface area contributed by atoms with Gasteiger partial charge in [0.1, 0.15) is 17.2 Å². The Labute approximate surface area is 136 Å². The highest BCUT2D eigenvalue weighted by Gasteiger charge is 2.20. The minimum absolute atomic E-state index is 0.141. The lowest BCUT2D eigenvalue weighted by Gasteiger charge is -2.17. The van der Waals surface area contributed by atoms with Crippen molar-refractivity contribution >= 4 is 17.4 Å². The third kappa shape index (κ3) is 3.23. The summed E-state index contributed by atoms with van der Waals surface area (Å²) >= 11 is 0. The van der Waals surface area contributed by atoms with Crippen molar-refractivity contribution in [3.05, 3.63) is 23.7 Å². The molecule has 0 bridgehead atoms. The fourth-order valence-electron chi connectivity index (χ4n) is 2.87. The molecule has 2 N–H and O–H groups in total. The second-order valence-electron chi connectivity index (χ2n) is 6.30. The summed E-state index contributed by atoms with van der Waals surface area (Å²) in [6.07, 6.45) is 3.62. The number of hydrogen-bond acceptors (Lipinski definition) is 4. The molecule has 0 fully saturated rings. The number of carbonyl (C=O) groups is 1. The topological polar surface area (TPSA) is 76.8 Å². The van der Waals surface area contributed by atoms with Crippen molar-refractivity contribution in [2.45, 2.75) is 46.7 Å². The fourth-order valence-corrected chi connectivity index (χ4v) is 2.87. The summed E-state index contributed by atoms with van der Waals surface area (Å²) < 4.78 is 3.65. The lowest BCUT2D eigenvalue weighted by atomic mass is 10.1. The molecule has 3 heterocycles. The molecule has 3 rings (SSSR count). The van der Waals surface area contributed by atoms with Gasteiger partial charge in [-0.05, 0) is 31.7 Å². The second kappa shape index (κ2) is 6.44. The number of fused-ring (bicyclic) bond motifs is 1. The minimum atomic E-state index is -0.141. The number of aryl methyl sites for hydroxylation is 2. The van der Waals surface area contributed by atoms with E-state index in [2.05, 4.69) is 34.7 Å². The zero-order chi connectivity index (χ0) is 16.4. The van der Waals surface area contributed by atoms with E-state index >= 15 is 0 Å². The Kier molecular flexibility index (Phi) is 4.36. The quantitative estimate of drug-likeness (QED) is 0.888. The summed E-state index contributed by atoms with van der Waals surface area (Å²) in [6.45, 7) is 8.74. The Hall–Kier alpha value is -2.31. The van der Waals surface area contributed by atoms with Crippen LogP contribution in [0.2, 0.25) is 0 Å². The SMILES string of the molecule is CCn1nc(CC(C)C)cc1C(=O)Nc1cnn2c1NCCC2. The van der Waals surface area contributed by atoms with Crippen LogP contribution in [0.1, 0.15) is 43.4 Å². The molecule has 0 radical (unpaired) electrons. The summed E-state index contributed by atoms with van der Waals surface area (Å²) in [5, 5.41) is 15.1. The van der Waals surface area contributed by atoms with Gasteiger partial charge in [-0.25, -0.2) is 4.68 Å². The molecular weight excluding hydrogens is 292 g/mol. The van der Waals surface area contributed by atoms with Crippen LogP contribution in [0.15, 0.2) is 12.3 Å². The van der Waals surface area contributed by atoms with E-state index in [0.717, 1.165) is 43.1 Å². The van der Waals surface area contributed by atoms with Crippen LogP contribution >= 0.6 is 0 Å². The molecule has 1 aliphatic heterocycles. The predicted octanol–water partition coefficient (Wildman–Crippen LogP) is 2.37. The first kappa shape index (κ1) is 15.6. The Morgan fingerprint density at radius 2 is 2.30 bits per heavy atom. The van der Waals surface area contributed by atoms with E-state index < -0.39 is 0 Å². The van der Waals surface area contributed by atoms with Crippen molar-refractivity contribution in [1.29, 1.82) is 0 Å². The number of aromatic nitrogens is 4. The van der Waals surface area contributed by atoms with Gasteiger partial charge in [0.25, 0.3) is 5.91 Å². The number of hydrogen-bond donors (Lipinski definition) is 2. The van der Waals surface area contributed by atoms with Crippen molar-refractivity contribution in [2.75, 3.05) is 17.2 Å². The van der Waals surface area contributed by atoms with Crippen LogP contribution in [0.25, 0.3) is 0 Å². The predicted molar refractivity (Wildman–Crippen MR) is 89.7 cm³/mol. The van der Waals surface area contributed by atoms with Crippen molar-refractivity contribution in [3.63, 3.8) is 0 Å². The maximum absolute atomic E-state index is 12.6. The lowest BCUT2D eigenvalue weighted by Crippen LogP contribution is -2.21. The van der Waals surface area contributed by atoms with Gasteiger partial charge < -0.3 is 10.6 Å². The third-order valence-corrected chi connectivity index (χ3v) is 3.91. The van der Waals surface area contributed by atoms with Crippen molar-refractivity contribution < 1.29 is 4.79 Å². The number of nitrogens with one attached hydrogen (secondary N) is 2. The molecule has 0 spiro atoms. The zero-order valence-electron chi connectivity index (χ0n) is 14.0. The van der Waals surface area contributed by atoms with E-state index in [-0.39, 0.29) is 5.91 Å². The van der Waals surface area contributed by atoms with E-state index in [0.29, 0.717) is 18.2 Å². The van der Waals surface area contributed by atoms with Crippen molar-refractivity contribution in [2.24, 2.45) is 5.92 Å². The number of nitrogens with zero attached hydrogens (tertiary/aromatic N) is 4. The summed E-state index contributed by atoms with van der Waals surface area (Å²) in [5.41, 5.74) is 2.28. The molecule has 2 aromatic rings. The van der Waals surface area contributed by atoms with Crippen LogP contribution in [-0.4, -0.2) is 32.0 Å². The molecule has 0 unspecified atom stereocenters. The molecular formula is C16H24N6O. The van der Waals surface area contributed by atoms with Gasteiger partial charge in [-0.15, -0.1) is 0 Å². The summed E-state index contributed by atoms with van der Waals surface area (Å²) in [6, 6.07) is 1.89. The number of anilines is 2. The van der Waals surface area contributed by atoms with Crippen LogP contribution in [-0.2, 0) is 19.5 Å². The largest absolute Gasteiger partial charge is 0.368 e. The number of carbonyl (C=O) groups excluding carboxylic acids is 1. The normalized spacial score (nSPS) is 13.7. The molecule has 7 heteroatoms. The molecule has 0 saturated carbocycles. The number of rotatable bonds is 5. The molecule has 1 aliphatic rings. The highest BCUT2D eigenvalue weighted by atomic mass is 16.2. The molecule has 124 valence electrons. The maximum Gasteiger partial charge on any atom is 0.274 e. The molecule has 0 aromatic carbocycles. The molecule has 0 aliphatic carbocycles. The van der Waals surface area contributed by atoms with E-state index in [1.54, 1.807) is 10.9 Å². The van der Waals surface area contributed by atoms with E-state index in [9.17, 15) is 4.79 Å². The summed E-state index contributed by atoms with van der Waals surface area (Å²) in [7, 11) is 0. The Morgan fingerprint density at radius 3 is 3.04 bits per heavy atom. The standard InChI is InChI=1S/C16H24N6O/c1-4-21-14(9-12(20-21)8-11(2)3)16(23)19-13-10-18-22-7-5-6-17-15(13)22/h9-11,17H,4-8H2,1-3H3,(H,19,23).